The van der Waals surface area contributed by atoms with Gasteiger partial charge in [0.05, 0.1) is 6.10 Å². The Morgan fingerprint density at radius 1 is 1.53 bits per heavy atom. The van der Waals surface area contributed by atoms with Gasteiger partial charge in [-0.1, -0.05) is 13.0 Å². The number of benzene rings is 1. The molecule has 1 aromatic carbocycles. The molecule has 1 amide bonds. The highest BCUT2D eigenvalue weighted by atomic mass is 19.1. The van der Waals surface area contributed by atoms with Crippen molar-refractivity contribution >= 4 is 5.91 Å². The number of carbonyl (C=O) groups is 1. The van der Waals surface area contributed by atoms with Crippen molar-refractivity contribution in [2.24, 2.45) is 0 Å². The van der Waals surface area contributed by atoms with Crippen molar-refractivity contribution in [3.05, 3.63) is 35.6 Å². The topological polar surface area (TPSA) is 29.5 Å². The molecule has 0 aromatic heterocycles. The number of hydrogen-bond donors (Lipinski definition) is 0. The van der Waals surface area contributed by atoms with Gasteiger partial charge in [0.2, 0.25) is 0 Å². The number of halogens is 1. The van der Waals surface area contributed by atoms with Gasteiger partial charge in [-0.25, -0.2) is 4.39 Å². The van der Waals surface area contributed by atoms with Gasteiger partial charge in [0, 0.05) is 25.3 Å². The van der Waals surface area contributed by atoms with E-state index < -0.39 is 0 Å². The summed E-state index contributed by atoms with van der Waals surface area (Å²) < 4.78 is 18.8. The molecule has 0 bridgehead atoms. The second-order valence-corrected chi connectivity index (χ2v) is 4.90. The zero-order valence-corrected chi connectivity index (χ0v) is 11.3. The lowest BCUT2D eigenvalue weighted by molar-refractivity contribution is 0.00210. The summed E-state index contributed by atoms with van der Waals surface area (Å²) >= 11 is 0. The van der Waals surface area contributed by atoms with E-state index in [1.807, 2.05) is 0 Å². The largest absolute Gasteiger partial charge is 0.376 e. The summed E-state index contributed by atoms with van der Waals surface area (Å²) in [5.41, 5.74) is 0.413. The lowest BCUT2D eigenvalue weighted by atomic mass is 10.1. The number of amides is 1. The maximum atomic E-state index is 13.1. The first-order valence-electron chi connectivity index (χ1n) is 6.87. The quantitative estimate of drug-likeness (QED) is 0.837. The van der Waals surface area contributed by atoms with Gasteiger partial charge < -0.3 is 9.64 Å². The summed E-state index contributed by atoms with van der Waals surface area (Å²) in [7, 11) is 0. The molecular formula is C15H20FNO2. The first kappa shape index (κ1) is 14.0. The number of ether oxygens (including phenoxy) is 1. The smallest absolute Gasteiger partial charge is 0.254 e. The van der Waals surface area contributed by atoms with Crippen LogP contribution in [-0.2, 0) is 4.74 Å². The highest BCUT2D eigenvalue weighted by molar-refractivity contribution is 5.94. The monoisotopic (exact) mass is 265 g/mol. The highest BCUT2D eigenvalue weighted by Crippen LogP contribution is 2.16. The van der Waals surface area contributed by atoms with Gasteiger partial charge in [0.15, 0.2) is 0 Å². The minimum atomic E-state index is -0.373. The van der Waals surface area contributed by atoms with Crippen LogP contribution in [0.3, 0.4) is 0 Å². The number of piperidine rings is 1. The third-order valence-electron chi connectivity index (χ3n) is 3.29. The van der Waals surface area contributed by atoms with E-state index in [4.69, 9.17) is 4.74 Å². The maximum absolute atomic E-state index is 13.1. The molecule has 1 aliphatic rings. The van der Waals surface area contributed by atoms with Crippen molar-refractivity contribution in [2.45, 2.75) is 32.3 Å². The van der Waals surface area contributed by atoms with Crippen molar-refractivity contribution in [3.8, 4) is 0 Å². The average molecular weight is 265 g/mol. The molecule has 3 nitrogen and oxygen atoms in total. The van der Waals surface area contributed by atoms with Gasteiger partial charge in [-0.3, -0.25) is 4.79 Å². The molecule has 1 atom stereocenters. The molecule has 0 N–H and O–H groups in total. The van der Waals surface area contributed by atoms with Crippen LogP contribution in [0, 0.1) is 5.82 Å². The van der Waals surface area contributed by atoms with E-state index in [-0.39, 0.29) is 17.8 Å². The van der Waals surface area contributed by atoms with Crippen LogP contribution in [-0.4, -0.2) is 36.6 Å². The molecule has 1 aliphatic heterocycles. The van der Waals surface area contributed by atoms with Crippen LogP contribution >= 0.6 is 0 Å². The van der Waals surface area contributed by atoms with E-state index in [2.05, 4.69) is 6.92 Å². The molecule has 1 fully saturated rings. The van der Waals surface area contributed by atoms with Crippen molar-refractivity contribution in [2.75, 3.05) is 19.7 Å². The maximum Gasteiger partial charge on any atom is 0.254 e. The first-order valence-corrected chi connectivity index (χ1v) is 6.87. The van der Waals surface area contributed by atoms with Crippen LogP contribution in [0.25, 0.3) is 0 Å². The average Bonchev–Trinajstić information content (AvgIpc) is 2.44. The summed E-state index contributed by atoms with van der Waals surface area (Å²) in [5.74, 6) is -0.481. The lowest BCUT2D eigenvalue weighted by Crippen LogP contribution is -2.43. The Balaban J connectivity index is 1.99. The zero-order valence-electron chi connectivity index (χ0n) is 11.3. The molecule has 104 valence electrons. The van der Waals surface area contributed by atoms with Crippen LogP contribution in [0.4, 0.5) is 4.39 Å². The first-order chi connectivity index (χ1) is 9.20. The Labute approximate surface area is 113 Å². The summed E-state index contributed by atoms with van der Waals surface area (Å²) in [4.78, 5) is 14.0. The molecule has 1 unspecified atom stereocenters. The van der Waals surface area contributed by atoms with E-state index in [0.29, 0.717) is 12.1 Å². The second-order valence-electron chi connectivity index (χ2n) is 4.90. The number of nitrogens with zero attached hydrogens (tertiary/aromatic N) is 1. The third kappa shape index (κ3) is 3.77. The van der Waals surface area contributed by atoms with Crippen molar-refractivity contribution < 1.29 is 13.9 Å². The fourth-order valence-corrected chi connectivity index (χ4v) is 2.35. The van der Waals surface area contributed by atoms with Gasteiger partial charge >= 0.3 is 0 Å². The SMILES string of the molecule is CCCOC1CCCN(C(=O)c2cccc(F)c2)C1. The van der Waals surface area contributed by atoms with Gasteiger partial charge in [-0.15, -0.1) is 0 Å². The predicted octanol–water partition coefficient (Wildman–Crippen LogP) is 2.86. The molecule has 4 heteroatoms. The van der Waals surface area contributed by atoms with E-state index in [9.17, 15) is 9.18 Å². The molecular weight excluding hydrogens is 245 g/mol. The summed E-state index contributed by atoms with van der Waals surface area (Å²) in [6.07, 6.45) is 3.03. The number of carbonyl (C=O) groups excluding carboxylic acids is 1. The van der Waals surface area contributed by atoms with Crippen LogP contribution in [0.15, 0.2) is 24.3 Å². The van der Waals surface area contributed by atoms with Gasteiger partial charge in [0.1, 0.15) is 5.82 Å². The molecule has 0 radical (unpaired) electrons. The molecule has 0 spiro atoms. The minimum absolute atomic E-state index is 0.107. The number of hydrogen-bond acceptors (Lipinski definition) is 2. The normalized spacial score (nSPS) is 19.5. The Morgan fingerprint density at radius 2 is 2.37 bits per heavy atom. The van der Waals surface area contributed by atoms with Crippen LogP contribution < -0.4 is 0 Å². The Kier molecular flexibility index (Phi) is 4.91. The summed E-state index contributed by atoms with van der Waals surface area (Å²) in [6, 6.07) is 5.86. The van der Waals surface area contributed by atoms with Crippen LogP contribution in [0.1, 0.15) is 36.5 Å². The molecule has 1 saturated heterocycles. The Morgan fingerprint density at radius 3 is 3.11 bits per heavy atom. The predicted molar refractivity (Wildman–Crippen MR) is 71.6 cm³/mol. The van der Waals surface area contributed by atoms with Crippen LogP contribution in [0.5, 0.6) is 0 Å². The fourth-order valence-electron chi connectivity index (χ4n) is 2.35. The molecule has 0 saturated carbocycles. The van der Waals surface area contributed by atoms with Crippen LogP contribution in [0.2, 0.25) is 0 Å². The fraction of sp³-hybridized carbons (Fsp3) is 0.533. The molecule has 19 heavy (non-hydrogen) atoms. The van der Waals surface area contributed by atoms with Gasteiger partial charge in [-0.2, -0.15) is 0 Å². The van der Waals surface area contributed by atoms with Crippen molar-refractivity contribution in [1.29, 1.82) is 0 Å². The molecule has 2 rings (SSSR count). The summed E-state index contributed by atoms with van der Waals surface area (Å²) in [5, 5.41) is 0. The van der Waals surface area contributed by atoms with Gasteiger partial charge in [-0.05, 0) is 37.5 Å². The van der Waals surface area contributed by atoms with Gasteiger partial charge in [0.25, 0.3) is 5.91 Å². The Bertz CT molecular complexity index is 436. The number of rotatable bonds is 4. The van der Waals surface area contributed by atoms with Crippen molar-refractivity contribution in [3.63, 3.8) is 0 Å². The second kappa shape index (κ2) is 6.66. The number of likely N-dealkylation sites (tertiary alicyclic amines) is 1. The molecule has 0 aliphatic carbocycles. The third-order valence-corrected chi connectivity index (χ3v) is 3.29. The summed E-state index contributed by atoms with van der Waals surface area (Å²) in [6.45, 7) is 4.13. The van der Waals surface area contributed by atoms with E-state index in [1.165, 1.54) is 12.1 Å². The van der Waals surface area contributed by atoms with E-state index in [1.54, 1.807) is 17.0 Å². The molecule has 1 heterocycles. The Hall–Kier alpha value is -1.42. The van der Waals surface area contributed by atoms with E-state index in [0.717, 1.165) is 32.4 Å². The standard InChI is InChI=1S/C15H20FNO2/c1-2-9-19-14-7-4-8-17(11-14)15(18)12-5-3-6-13(16)10-12/h3,5-6,10,14H,2,4,7-9,11H2,1H3. The van der Waals surface area contributed by atoms with E-state index >= 15 is 0 Å². The lowest BCUT2D eigenvalue weighted by Gasteiger charge is -2.32. The minimum Gasteiger partial charge on any atom is -0.376 e. The highest BCUT2D eigenvalue weighted by Gasteiger charge is 2.24. The zero-order chi connectivity index (χ0) is 13.7. The molecule has 1 aromatic rings. The van der Waals surface area contributed by atoms with Crippen molar-refractivity contribution in [1.82, 2.24) is 4.90 Å².